The normalized spacial score (nSPS) is 14.2. The number of rotatable bonds is 7. The van der Waals surface area contributed by atoms with Gasteiger partial charge in [-0.1, -0.05) is 35.5 Å². The minimum Gasteiger partial charge on any atom is -0.378 e. The van der Waals surface area contributed by atoms with E-state index >= 15 is 0 Å². The molecule has 0 aliphatic carbocycles. The van der Waals surface area contributed by atoms with E-state index in [1.54, 1.807) is 18.3 Å². The summed E-state index contributed by atoms with van der Waals surface area (Å²) in [6.07, 6.45) is 1.40. The van der Waals surface area contributed by atoms with E-state index in [0.29, 0.717) is 37.9 Å². The Bertz CT molecular complexity index is 948. The monoisotopic (exact) mass is 412 g/mol. The van der Waals surface area contributed by atoms with Crippen molar-refractivity contribution in [1.82, 2.24) is 15.5 Å². The number of morpholine rings is 1. The van der Waals surface area contributed by atoms with Gasteiger partial charge in [0.15, 0.2) is 5.82 Å². The van der Waals surface area contributed by atoms with Gasteiger partial charge < -0.3 is 19.5 Å². The summed E-state index contributed by atoms with van der Waals surface area (Å²) in [5.74, 6) is 1.19. The Morgan fingerprint density at radius 2 is 2.03 bits per heavy atom. The second-order valence-electron chi connectivity index (χ2n) is 6.89. The van der Waals surface area contributed by atoms with Crippen molar-refractivity contribution < 1.29 is 14.1 Å². The van der Waals surface area contributed by atoms with E-state index in [1.165, 1.54) is 0 Å². The number of carbonyl (C=O) groups excluding carboxylic acids is 1. The first-order valence-electron chi connectivity index (χ1n) is 9.80. The number of hydrogen-bond donors (Lipinski definition) is 1. The molecule has 1 saturated heterocycles. The molecular weight excluding hydrogens is 388 g/mol. The van der Waals surface area contributed by atoms with Crippen LogP contribution in [0.15, 0.2) is 40.9 Å². The fourth-order valence-corrected chi connectivity index (χ4v) is 4.44. The molecule has 2 aromatic heterocycles. The minimum absolute atomic E-state index is 0.0478. The fourth-order valence-electron chi connectivity index (χ4n) is 3.29. The molecule has 1 aliphatic heterocycles. The van der Waals surface area contributed by atoms with Gasteiger partial charge in [0.25, 0.3) is 5.91 Å². The van der Waals surface area contributed by atoms with E-state index in [1.807, 2.05) is 24.3 Å². The van der Waals surface area contributed by atoms with Crippen LogP contribution in [0.1, 0.15) is 27.8 Å². The average molecular weight is 413 g/mol. The van der Waals surface area contributed by atoms with Crippen LogP contribution in [0.4, 0.5) is 5.00 Å². The van der Waals surface area contributed by atoms with Crippen LogP contribution < -0.4 is 10.2 Å². The number of amides is 1. The lowest BCUT2D eigenvalue weighted by Gasteiger charge is -2.28. The molecule has 8 heteroatoms. The Morgan fingerprint density at radius 1 is 1.24 bits per heavy atom. The molecule has 0 radical (unpaired) electrons. The second kappa shape index (κ2) is 9.19. The Labute approximate surface area is 173 Å². The average Bonchev–Trinajstić information content (AvgIpc) is 3.39. The Hall–Kier alpha value is -2.71. The van der Waals surface area contributed by atoms with Crippen LogP contribution in [-0.2, 0) is 11.2 Å². The maximum absolute atomic E-state index is 12.7. The van der Waals surface area contributed by atoms with Gasteiger partial charge in [-0.2, -0.15) is 4.98 Å². The molecule has 3 aromatic rings. The molecule has 0 bridgehead atoms. The standard InChI is InChI=1S/C21H24N4O3S/c1-15-23-19(28-24-15)8-5-9-22-20(26)18-14-17(16-6-3-2-4-7-16)21(29-18)25-10-12-27-13-11-25/h2-4,6-7,14H,5,8-13H2,1H3,(H,22,26). The molecule has 1 N–H and O–H groups in total. The highest BCUT2D eigenvalue weighted by Gasteiger charge is 2.21. The van der Waals surface area contributed by atoms with Gasteiger partial charge in [-0.25, -0.2) is 0 Å². The largest absolute Gasteiger partial charge is 0.378 e. The summed E-state index contributed by atoms with van der Waals surface area (Å²) in [7, 11) is 0. The van der Waals surface area contributed by atoms with Crippen molar-refractivity contribution in [2.45, 2.75) is 19.8 Å². The molecule has 1 amide bonds. The third kappa shape index (κ3) is 4.83. The molecule has 3 heterocycles. The molecule has 0 unspecified atom stereocenters. The van der Waals surface area contributed by atoms with Crippen molar-refractivity contribution >= 4 is 22.2 Å². The summed E-state index contributed by atoms with van der Waals surface area (Å²) in [5.41, 5.74) is 2.22. The van der Waals surface area contributed by atoms with Crippen molar-refractivity contribution in [3.05, 3.63) is 53.0 Å². The Morgan fingerprint density at radius 3 is 2.76 bits per heavy atom. The number of nitrogens with one attached hydrogen (secondary N) is 1. The summed E-state index contributed by atoms with van der Waals surface area (Å²) in [4.78, 5) is 20.0. The zero-order valence-electron chi connectivity index (χ0n) is 16.4. The zero-order valence-corrected chi connectivity index (χ0v) is 17.2. The summed E-state index contributed by atoms with van der Waals surface area (Å²) in [5, 5.41) is 7.92. The first-order valence-corrected chi connectivity index (χ1v) is 10.6. The molecule has 1 aromatic carbocycles. The number of nitrogens with zero attached hydrogens (tertiary/aromatic N) is 3. The molecular formula is C21H24N4O3S. The van der Waals surface area contributed by atoms with Gasteiger partial charge in [-0.05, 0) is 25.0 Å². The zero-order chi connectivity index (χ0) is 20.1. The summed E-state index contributed by atoms with van der Waals surface area (Å²) < 4.78 is 10.6. The molecule has 7 nitrogen and oxygen atoms in total. The second-order valence-corrected chi connectivity index (χ2v) is 7.92. The molecule has 0 spiro atoms. The lowest BCUT2D eigenvalue weighted by Crippen LogP contribution is -2.35. The van der Waals surface area contributed by atoms with Gasteiger partial charge in [0.1, 0.15) is 0 Å². The maximum atomic E-state index is 12.7. The molecule has 4 rings (SSSR count). The van der Waals surface area contributed by atoms with Crippen molar-refractivity contribution in [2.24, 2.45) is 0 Å². The number of aryl methyl sites for hydroxylation is 2. The van der Waals surface area contributed by atoms with Gasteiger partial charge in [-0.3, -0.25) is 4.79 Å². The van der Waals surface area contributed by atoms with Gasteiger partial charge in [0.2, 0.25) is 5.89 Å². The smallest absolute Gasteiger partial charge is 0.261 e. The number of carbonyl (C=O) groups is 1. The van der Waals surface area contributed by atoms with Crippen LogP contribution in [0.2, 0.25) is 0 Å². The van der Waals surface area contributed by atoms with Gasteiger partial charge in [0, 0.05) is 31.6 Å². The highest BCUT2D eigenvalue weighted by atomic mass is 32.1. The number of benzene rings is 1. The van der Waals surface area contributed by atoms with Gasteiger partial charge >= 0.3 is 0 Å². The number of anilines is 1. The first kappa shape index (κ1) is 19.6. The van der Waals surface area contributed by atoms with Gasteiger partial charge in [0.05, 0.1) is 23.1 Å². The molecule has 1 aliphatic rings. The SMILES string of the molecule is Cc1noc(CCCNC(=O)c2cc(-c3ccccc3)c(N3CCOCC3)s2)n1. The Kier molecular flexibility index (Phi) is 6.21. The minimum atomic E-state index is -0.0478. The summed E-state index contributed by atoms with van der Waals surface area (Å²) in [6, 6.07) is 12.2. The lowest BCUT2D eigenvalue weighted by molar-refractivity contribution is 0.0957. The van der Waals surface area contributed by atoms with Crippen molar-refractivity contribution in [3.63, 3.8) is 0 Å². The molecule has 0 saturated carbocycles. The van der Waals surface area contributed by atoms with E-state index in [9.17, 15) is 4.79 Å². The summed E-state index contributed by atoms with van der Waals surface area (Å²) in [6.45, 7) is 5.45. The first-order chi connectivity index (χ1) is 14.2. The number of hydrogen-bond acceptors (Lipinski definition) is 7. The van der Waals surface area contributed by atoms with E-state index in [4.69, 9.17) is 9.26 Å². The van der Waals surface area contributed by atoms with Crippen LogP contribution in [0.3, 0.4) is 0 Å². The highest BCUT2D eigenvalue weighted by Crippen LogP contribution is 2.39. The van der Waals surface area contributed by atoms with E-state index < -0.39 is 0 Å². The van der Waals surface area contributed by atoms with Crippen LogP contribution in [-0.4, -0.2) is 48.9 Å². The van der Waals surface area contributed by atoms with Crippen LogP contribution >= 0.6 is 11.3 Å². The predicted molar refractivity (Wildman–Crippen MR) is 112 cm³/mol. The maximum Gasteiger partial charge on any atom is 0.261 e. The van der Waals surface area contributed by atoms with Crippen LogP contribution in [0, 0.1) is 6.92 Å². The number of ether oxygens (including phenoxy) is 1. The van der Waals surface area contributed by atoms with E-state index in [2.05, 4.69) is 32.5 Å². The van der Waals surface area contributed by atoms with Gasteiger partial charge in [-0.15, -0.1) is 11.3 Å². The molecule has 1 fully saturated rings. The third-order valence-corrected chi connectivity index (χ3v) is 5.94. The van der Waals surface area contributed by atoms with E-state index in [0.717, 1.165) is 40.5 Å². The van der Waals surface area contributed by atoms with Crippen LogP contribution in [0.5, 0.6) is 0 Å². The molecule has 29 heavy (non-hydrogen) atoms. The molecule has 0 atom stereocenters. The van der Waals surface area contributed by atoms with Crippen molar-refractivity contribution in [3.8, 4) is 11.1 Å². The number of thiophene rings is 1. The van der Waals surface area contributed by atoms with Crippen LogP contribution in [0.25, 0.3) is 11.1 Å². The van der Waals surface area contributed by atoms with Crippen molar-refractivity contribution in [2.75, 3.05) is 37.7 Å². The van der Waals surface area contributed by atoms with E-state index in [-0.39, 0.29) is 5.91 Å². The highest BCUT2D eigenvalue weighted by molar-refractivity contribution is 7.18. The number of aromatic nitrogens is 2. The molecule has 152 valence electrons. The Balaban J connectivity index is 1.44. The lowest BCUT2D eigenvalue weighted by atomic mass is 10.1. The predicted octanol–water partition coefficient (Wildman–Crippen LogP) is 3.31. The topological polar surface area (TPSA) is 80.5 Å². The third-order valence-electron chi connectivity index (χ3n) is 4.74. The quantitative estimate of drug-likeness (QED) is 0.600. The summed E-state index contributed by atoms with van der Waals surface area (Å²) >= 11 is 1.54. The fraction of sp³-hybridized carbons (Fsp3) is 0.381. The van der Waals surface area contributed by atoms with Crippen molar-refractivity contribution in [1.29, 1.82) is 0 Å².